The molecule has 3 heteroatoms. The molecule has 9 rings (SSSR count). The highest BCUT2D eigenvalue weighted by molar-refractivity contribution is 6.11. The number of para-hydroxylation sites is 2. The summed E-state index contributed by atoms with van der Waals surface area (Å²) in [7, 11) is 0. The summed E-state index contributed by atoms with van der Waals surface area (Å²) in [6, 6.07) is 43.1. The summed E-state index contributed by atoms with van der Waals surface area (Å²) in [6.07, 6.45) is 0. The number of hydrogen-bond acceptors (Lipinski definition) is 2. The molecule has 0 aliphatic carbocycles. The minimum atomic E-state index is 0.889. The number of nitrogens with zero attached hydrogens (tertiary/aromatic N) is 1. The topological polar surface area (TPSA) is 31.2 Å². The second-order valence-corrected chi connectivity index (χ2v) is 10.7. The van der Waals surface area contributed by atoms with Crippen molar-refractivity contribution in [1.82, 2.24) is 4.57 Å². The Kier molecular flexibility index (Phi) is 4.26. The van der Waals surface area contributed by atoms with Crippen LogP contribution in [0.3, 0.4) is 0 Å². The van der Waals surface area contributed by atoms with Gasteiger partial charge < -0.3 is 13.4 Å². The minimum absolute atomic E-state index is 0.889. The molecule has 0 unspecified atom stereocenters. The van der Waals surface area contributed by atoms with Crippen molar-refractivity contribution in [3.63, 3.8) is 0 Å². The molecule has 6 aromatic carbocycles. The summed E-state index contributed by atoms with van der Waals surface area (Å²) in [5.74, 6) is 0. The van der Waals surface area contributed by atoms with Crippen LogP contribution in [0.25, 0.3) is 82.5 Å². The third-order valence-electron chi connectivity index (χ3n) is 8.25. The summed E-state index contributed by atoms with van der Waals surface area (Å²) < 4.78 is 14.8. The molecule has 0 amide bonds. The lowest BCUT2D eigenvalue weighted by Crippen LogP contribution is -1.93. The molecular formula is C37H23NO2. The maximum absolute atomic E-state index is 6.39. The van der Waals surface area contributed by atoms with Crippen LogP contribution in [0.5, 0.6) is 0 Å². The molecule has 0 aliphatic heterocycles. The number of fused-ring (bicyclic) bond motifs is 9. The highest BCUT2D eigenvalue weighted by atomic mass is 16.3. The Bertz CT molecular complexity index is 2400. The monoisotopic (exact) mass is 513 g/mol. The standard InChI is InChI=1S/C37H23NO2/c1-22-10-14-28-30-19-23(12-16-34(30)39-36(28)18-22)24-11-15-29-31-21-25(13-17-35(31)40-37(29)20-24)38-32-8-4-2-6-26(32)27-7-3-5-9-33(27)38/h2-21H,1H3. The van der Waals surface area contributed by atoms with Crippen molar-refractivity contribution < 1.29 is 8.83 Å². The summed E-state index contributed by atoms with van der Waals surface area (Å²) in [4.78, 5) is 0. The molecule has 0 bridgehead atoms. The Morgan fingerprint density at radius 2 is 1.00 bits per heavy atom. The molecule has 40 heavy (non-hydrogen) atoms. The van der Waals surface area contributed by atoms with Gasteiger partial charge in [0, 0.05) is 38.0 Å². The fourth-order valence-corrected chi connectivity index (χ4v) is 6.35. The van der Waals surface area contributed by atoms with Crippen LogP contribution >= 0.6 is 0 Å². The van der Waals surface area contributed by atoms with Gasteiger partial charge in [0.15, 0.2) is 0 Å². The van der Waals surface area contributed by atoms with Gasteiger partial charge in [-0.3, -0.25) is 0 Å². The van der Waals surface area contributed by atoms with Crippen LogP contribution in [0.15, 0.2) is 130 Å². The first-order valence-corrected chi connectivity index (χ1v) is 13.6. The maximum atomic E-state index is 6.39. The van der Waals surface area contributed by atoms with E-state index in [1.54, 1.807) is 0 Å². The van der Waals surface area contributed by atoms with Crippen LogP contribution in [0.4, 0.5) is 0 Å². The second-order valence-electron chi connectivity index (χ2n) is 10.7. The van der Waals surface area contributed by atoms with Gasteiger partial charge in [0.2, 0.25) is 0 Å². The van der Waals surface area contributed by atoms with Crippen molar-refractivity contribution >= 4 is 65.7 Å². The van der Waals surface area contributed by atoms with E-state index in [9.17, 15) is 0 Å². The summed E-state index contributed by atoms with van der Waals surface area (Å²) in [5, 5.41) is 7.03. The van der Waals surface area contributed by atoms with Gasteiger partial charge in [-0.1, -0.05) is 60.7 Å². The first kappa shape index (κ1) is 21.6. The van der Waals surface area contributed by atoms with E-state index in [2.05, 4.69) is 133 Å². The Morgan fingerprint density at radius 1 is 0.425 bits per heavy atom. The van der Waals surface area contributed by atoms with Gasteiger partial charge in [0.05, 0.1) is 11.0 Å². The molecule has 0 aliphatic rings. The zero-order valence-electron chi connectivity index (χ0n) is 21.8. The Balaban J connectivity index is 1.20. The zero-order chi connectivity index (χ0) is 26.4. The summed E-state index contributed by atoms with van der Waals surface area (Å²) in [6.45, 7) is 2.09. The van der Waals surface area contributed by atoms with Gasteiger partial charge in [-0.05, 0) is 84.3 Å². The second kappa shape index (κ2) is 7.87. The molecule has 188 valence electrons. The first-order chi connectivity index (χ1) is 19.7. The van der Waals surface area contributed by atoms with Crippen LogP contribution in [0.1, 0.15) is 5.56 Å². The number of furan rings is 2. The number of rotatable bonds is 2. The molecule has 0 radical (unpaired) electrons. The average molecular weight is 514 g/mol. The summed E-state index contributed by atoms with van der Waals surface area (Å²) in [5.41, 5.74) is 10.6. The number of hydrogen-bond donors (Lipinski definition) is 0. The third-order valence-corrected chi connectivity index (χ3v) is 8.25. The molecule has 0 atom stereocenters. The van der Waals surface area contributed by atoms with E-state index in [-0.39, 0.29) is 0 Å². The zero-order valence-corrected chi connectivity index (χ0v) is 21.8. The van der Waals surface area contributed by atoms with E-state index in [1.165, 1.54) is 27.4 Å². The Morgan fingerprint density at radius 3 is 1.75 bits per heavy atom. The highest BCUT2D eigenvalue weighted by Crippen LogP contribution is 2.38. The lowest BCUT2D eigenvalue weighted by molar-refractivity contribution is 0.668. The smallest absolute Gasteiger partial charge is 0.136 e. The van der Waals surface area contributed by atoms with Crippen LogP contribution < -0.4 is 0 Å². The van der Waals surface area contributed by atoms with Crippen LogP contribution in [0, 0.1) is 6.92 Å². The van der Waals surface area contributed by atoms with Crippen LogP contribution in [-0.4, -0.2) is 4.57 Å². The Labute approximate surface area is 229 Å². The van der Waals surface area contributed by atoms with E-state index in [1.807, 2.05) is 0 Å². The average Bonchev–Trinajstić information content (AvgIpc) is 3.65. The first-order valence-electron chi connectivity index (χ1n) is 13.6. The maximum Gasteiger partial charge on any atom is 0.136 e. The summed E-state index contributed by atoms with van der Waals surface area (Å²) >= 11 is 0. The molecule has 0 spiro atoms. The lowest BCUT2D eigenvalue weighted by atomic mass is 10.0. The molecule has 0 fully saturated rings. The molecular weight excluding hydrogens is 490 g/mol. The largest absolute Gasteiger partial charge is 0.456 e. The van der Waals surface area contributed by atoms with Gasteiger partial charge in [0.1, 0.15) is 22.3 Å². The van der Waals surface area contributed by atoms with Gasteiger partial charge in [-0.2, -0.15) is 0 Å². The molecule has 3 nitrogen and oxygen atoms in total. The van der Waals surface area contributed by atoms with Crippen LogP contribution in [-0.2, 0) is 0 Å². The van der Waals surface area contributed by atoms with Crippen molar-refractivity contribution in [3.05, 3.63) is 127 Å². The fourth-order valence-electron chi connectivity index (χ4n) is 6.35. The highest BCUT2D eigenvalue weighted by Gasteiger charge is 2.15. The van der Waals surface area contributed by atoms with Crippen molar-refractivity contribution in [2.45, 2.75) is 6.92 Å². The normalized spacial score (nSPS) is 12.1. The van der Waals surface area contributed by atoms with E-state index < -0.39 is 0 Å². The predicted octanol–water partition coefficient (Wildman–Crippen LogP) is 10.6. The predicted molar refractivity (Wildman–Crippen MR) is 166 cm³/mol. The third kappa shape index (κ3) is 3.00. The van der Waals surface area contributed by atoms with E-state index >= 15 is 0 Å². The number of benzene rings is 6. The van der Waals surface area contributed by atoms with E-state index in [0.29, 0.717) is 0 Å². The quantitative estimate of drug-likeness (QED) is 0.230. The van der Waals surface area contributed by atoms with Crippen molar-refractivity contribution in [3.8, 4) is 16.8 Å². The van der Waals surface area contributed by atoms with E-state index in [4.69, 9.17) is 8.83 Å². The van der Waals surface area contributed by atoms with Crippen molar-refractivity contribution in [2.24, 2.45) is 0 Å². The fraction of sp³-hybridized carbons (Fsp3) is 0.0270. The minimum Gasteiger partial charge on any atom is -0.456 e. The lowest BCUT2D eigenvalue weighted by Gasteiger charge is -2.08. The van der Waals surface area contributed by atoms with Gasteiger partial charge >= 0.3 is 0 Å². The van der Waals surface area contributed by atoms with Gasteiger partial charge in [-0.25, -0.2) is 0 Å². The molecule has 9 aromatic rings. The van der Waals surface area contributed by atoms with Crippen LogP contribution in [0.2, 0.25) is 0 Å². The van der Waals surface area contributed by atoms with Gasteiger partial charge in [0.25, 0.3) is 0 Å². The van der Waals surface area contributed by atoms with Crippen molar-refractivity contribution in [1.29, 1.82) is 0 Å². The Hall–Kier alpha value is -5.28. The van der Waals surface area contributed by atoms with Gasteiger partial charge in [-0.15, -0.1) is 0 Å². The molecule has 3 heterocycles. The number of aryl methyl sites for hydroxylation is 1. The molecule has 0 saturated carbocycles. The van der Waals surface area contributed by atoms with Crippen molar-refractivity contribution in [2.75, 3.05) is 0 Å². The molecule has 0 saturated heterocycles. The molecule has 3 aromatic heterocycles. The van der Waals surface area contributed by atoms with E-state index in [0.717, 1.165) is 60.7 Å². The molecule has 0 N–H and O–H groups in total. The SMILES string of the molecule is Cc1ccc2c(c1)oc1ccc(-c3ccc4c(c3)oc3ccc(-n5c6ccccc6c6ccccc65)cc34)cc12. The number of aromatic nitrogens is 1.